The molecule has 3 N–H and O–H groups in total. The molecule has 32 heavy (non-hydrogen) atoms. The first kappa shape index (κ1) is 21.3. The summed E-state index contributed by atoms with van der Waals surface area (Å²) in [7, 11) is -4.01. The molecule has 0 aliphatic heterocycles. The van der Waals surface area contributed by atoms with E-state index in [2.05, 4.69) is 4.98 Å². The molecule has 0 aliphatic rings. The lowest BCUT2D eigenvalue weighted by Crippen LogP contribution is -2.13. The Kier molecular flexibility index (Phi) is 5.76. The van der Waals surface area contributed by atoms with Crippen molar-refractivity contribution in [3.63, 3.8) is 0 Å². The summed E-state index contributed by atoms with van der Waals surface area (Å²) in [5.41, 5.74) is 1.39. The first-order chi connectivity index (χ1) is 15.3. The zero-order valence-corrected chi connectivity index (χ0v) is 17.5. The van der Waals surface area contributed by atoms with Crippen LogP contribution in [0.5, 0.6) is 5.75 Å². The van der Waals surface area contributed by atoms with Gasteiger partial charge < -0.3 is 14.3 Å². The predicted molar refractivity (Wildman–Crippen MR) is 116 cm³/mol. The van der Waals surface area contributed by atoms with Crippen LogP contribution in [0.2, 0.25) is 0 Å². The van der Waals surface area contributed by atoms with Gasteiger partial charge in [0.1, 0.15) is 11.4 Å². The van der Waals surface area contributed by atoms with Gasteiger partial charge in [0.15, 0.2) is 12.4 Å². The van der Waals surface area contributed by atoms with Gasteiger partial charge in [-0.25, -0.2) is 23.3 Å². The number of hydrogen-bond donors (Lipinski definition) is 2. The number of carbonyl (C=O) groups is 1. The quantitative estimate of drug-likeness (QED) is 0.436. The van der Waals surface area contributed by atoms with Crippen LogP contribution in [0.3, 0.4) is 0 Å². The molecule has 1 heterocycles. The van der Waals surface area contributed by atoms with Crippen molar-refractivity contribution >= 4 is 16.0 Å². The van der Waals surface area contributed by atoms with Gasteiger partial charge in [0, 0.05) is 11.1 Å². The molecule has 0 saturated carbocycles. The molecular weight excluding hydrogens is 432 g/mol. The summed E-state index contributed by atoms with van der Waals surface area (Å²) in [5, 5.41) is 14.5. The van der Waals surface area contributed by atoms with E-state index in [0.29, 0.717) is 28.3 Å². The smallest absolute Gasteiger partial charge is 0.335 e. The molecule has 162 valence electrons. The monoisotopic (exact) mass is 450 g/mol. The molecule has 1 aromatic heterocycles. The average molecular weight is 450 g/mol. The summed E-state index contributed by atoms with van der Waals surface area (Å²) >= 11 is 0. The molecule has 8 nitrogen and oxygen atoms in total. The molecule has 4 rings (SSSR count). The van der Waals surface area contributed by atoms with Crippen LogP contribution in [0.1, 0.15) is 16.2 Å². The van der Waals surface area contributed by atoms with Gasteiger partial charge in [0.2, 0.25) is 15.9 Å². The number of oxazole rings is 1. The molecule has 3 aromatic carbocycles. The molecule has 0 aliphatic carbocycles. The molecule has 0 spiro atoms. The summed E-state index contributed by atoms with van der Waals surface area (Å²) in [6.45, 7) is -0.0968. The second-order valence-electron chi connectivity index (χ2n) is 6.81. The molecule has 4 aromatic rings. The van der Waals surface area contributed by atoms with Gasteiger partial charge in [-0.2, -0.15) is 0 Å². The highest BCUT2D eigenvalue weighted by molar-refractivity contribution is 7.89. The number of hydrogen-bond acceptors (Lipinski definition) is 6. The third-order valence-electron chi connectivity index (χ3n) is 4.60. The summed E-state index contributed by atoms with van der Waals surface area (Å²) < 4.78 is 35.8. The van der Waals surface area contributed by atoms with Crippen LogP contribution >= 0.6 is 0 Å². The highest BCUT2D eigenvalue weighted by Crippen LogP contribution is 2.35. The van der Waals surface area contributed by atoms with Crippen LogP contribution in [0.4, 0.5) is 0 Å². The lowest BCUT2D eigenvalue weighted by Gasteiger charge is -2.06. The van der Waals surface area contributed by atoms with Crippen molar-refractivity contribution in [1.82, 2.24) is 4.98 Å². The van der Waals surface area contributed by atoms with Crippen LogP contribution in [-0.4, -0.2) is 24.5 Å². The highest BCUT2D eigenvalue weighted by atomic mass is 32.2. The van der Waals surface area contributed by atoms with Crippen molar-refractivity contribution in [2.45, 2.75) is 11.5 Å². The Morgan fingerprint density at radius 3 is 2.44 bits per heavy atom. The van der Waals surface area contributed by atoms with E-state index in [4.69, 9.17) is 19.4 Å². The van der Waals surface area contributed by atoms with E-state index in [9.17, 15) is 13.2 Å². The van der Waals surface area contributed by atoms with Gasteiger partial charge in [-0.15, -0.1) is 0 Å². The molecule has 0 fully saturated rings. The lowest BCUT2D eigenvalue weighted by atomic mass is 10.1. The number of ether oxygens (including phenoxy) is 1. The number of nitrogens with zero attached hydrogens (tertiary/aromatic N) is 1. The van der Waals surface area contributed by atoms with Crippen LogP contribution in [-0.2, 0) is 16.6 Å². The molecule has 9 heteroatoms. The van der Waals surface area contributed by atoms with Crippen LogP contribution in [0.25, 0.3) is 22.6 Å². The SMILES string of the molecule is NS(=O)(=O)c1ccccc1-c1nc(COc2cccc(C(=O)O)c2)oc1-c1ccccc1. The van der Waals surface area contributed by atoms with Gasteiger partial charge in [-0.05, 0) is 24.3 Å². The lowest BCUT2D eigenvalue weighted by molar-refractivity contribution is 0.0696. The number of nitrogens with two attached hydrogens (primary N) is 1. The van der Waals surface area contributed by atoms with Gasteiger partial charge in [-0.1, -0.05) is 54.6 Å². The standard InChI is InChI=1S/C23H18N2O6S/c24-32(28,29)19-12-5-4-11-18(19)21-22(15-7-2-1-3-8-15)31-20(25-21)14-30-17-10-6-9-16(13-17)23(26)27/h1-13H,14H2,(H,26,27)(H2,24,28,29). The Morgan fingerprint density at radius 1 is 1.00 bits per heavy atom. The number of aromatic nitrogens is 1. The zero-order chi connectivity index (χ0) is 22.7. The van der Waals surface area contributed by atoms with Gasteiger partial charge in [0.05, 0.1) is 10.5 Å². The topological polar surface area (TPSA) is 133 Å². The number of carboxylic acid groups (broad SMARTS) is 1. The van der Waals surface area contributed by atoms with Crippen molar-refractivity contribution < 1.29 is 27.5 Å². The Morgan fingerprint density at radius 2 is 1.72 bits per heavy atom. The number of benzene rings is 3. The summed E-state index contributed by atoms with van der Waals surface area (Å²) in [4.78, 5) is 15.6. The number of aromatic carboxylic acids is 1. The molecule has 0 amide bonds. The van der Waals surface area contributed by atoms with E-state index < -0.39 is 16.0 Å². The van der Waals surface area contributed by atoms with E-state index >= 15 is 0 Å². The minimum absolute atomic E-state index is 0.0768. The fraction of sp³-hybridized carbons (Fsp3) is 0.0435. The van der Waals surface area contributed by atoms with Crippen molar-refractivity contribution in [3.05, 3.63) is 90.3 Å². The molecule has 0 radical (unpaired) electrons. The van der Waals surface area contributed by atoms with E-state index in [-0.39, 0.29) is 23.0 Å². The summed E-state index contributed by atoms with van der Waals surface area (Å²) in [5.74, 6) is -0.195. The van der Waals surface area contributed by atoms with Gasteiger partial charge in [0.25, 0.3) is 0 Å². The van der Waals surface area contributed by atoms with E-state index in [1.807, 2.05) is 30.3 Å². The molecule has 0 bridgehead atoms. The third-order valence-corrected chi connectivity index (χ3v) is 5.57. The molecular formula is C23H18N2O6S. The summed E-state index contributed by atoms with van der Waals surface area (Å²) in [6, 6.07) is 21.4. The fourth-order valence-corrected chi connectivity index (χ4v) is 3.91. The fourth-order valence-electron chi connectivity index (χ4n) is 3.17. The first-order valence-corrected chi connectivity index (χ1v) is 11.0. The maximum atomic E-state index is 12.1. The summed E-state index contributed by atoms with van der Waals surface area (Å²) in [6.07, 6.45) is 0. The maximum absolute atomic E-state index is 12.1. The maximum Gasteiger partial charge on any atom is 0.335 e. The second kappa shape index (κ2) is 8.66. The highest BCUT2D eigenvalue weighted by Gasteiger charge is 2.23. The normalized spacial score (nSPS) is 11.3. The predicted octanol–water partition coefficient (Wildman–Crippen LogP) is 3.93. The minimum atomic E-state index is -4.01. The Bertz CT molecular complexity index is 1380. The number of rotatable bonds is 7. The van der Waals surface area contributed by atoms with Crippen molar-refractivity contribution in [2.75, 3.05) is 0 Å². The number of primary sulfonamides is 1. The number of sulfonamides is 1. The van der Waals surface area contributed by atoms with Crippen LogP contribution in [0.15, 0.2) is 88.2 Å². The van der Waals surface area contributed by atoms with E-state index in [0.717, 1.165) is 0 Å². The van der Waals surface area contributed by atoms with Crippen molar-refractivity contribution in [2.24, 2.45) is 5.14 Å². The Labute approximate surface area is 184 Å². The third kappa shape index (κ3) is 4.53. The van der Waals surface area contributed by atoms with Crippen LogP contribution < -0.4 is 9.88 Å². The molecule has 0 saturated heterocycles. The minimum Gasteiger partial charge on any atom is -0.484 e. The van der Waals surface area contributed by atoms with Gasteiger partial charge >= 0.3 is 5.97 Å². The molecule has 0 atom stereocenters. The van der Waals surface area contributed by atoms with Crippen LogP contribution in [0, 0.1) is 0 Å². The Hall–Kier alpha value is -3.95. The second-order valence-corrected chi connectivity index (χ2v) is 8.34. The molecule has 0 unspecified atom stereocenters. The largest absolute Gasteiger partial charge is 0.484 e. The first-order valence-electron chi connectivity index (χ1n) is 9.46. The van der Waals surface area contributed by atoms with E-state index in [1.165, 1.54) is 18.2 Å². The van der Waals surface area contributed by atoms with Crippen molar-refractivity contribution in [3.8, 4) is 28.3 Å². The Balaban J connectivity index is 1.75. The van der Waals surface area contributed by atoms with Gasteiger partial charge in [-0.3, -0.25) is 0 Å². The van der Waals surface area contributed by atoms with E-state index in [1.54, 1.807) is 30.3 Å². The number of carboxylic acids is 1. The van der Waals surface area contributed by atoms with Crippen molar-refractivity contribution in [1.29, 1.82) is 0 Å². The zero-order valence-electron chi connectivity index (χ0n) is 16.6. The average Bonchev–Trinajstić information content (AvgIpc) is 3.22.